The van der Waals surface area contributed by atoms with Crippen LogP contribution in [0, 0.1) is 10.1 Å². The highest BCUT2D eigenvalue weighted by Crippen LogP contribution is 2.27. The van der Waals surface area contributed by atoms with E-state index in [0.717, 1.165) is 6.07 Å². The summed E-state index contributed by atoms with van der Waals surface area (Å²) >= 11 is 0. The van der Waals surface area contributed by atoms with E-state index >= 15 is 0 Å². The fourth-order valence-corrected chi connectivity index (χ4v) is 1.25. The minimum atomic E-state index is -1.28. The quantitative estimate of drug-likeness (QED) is 0.358. The normalized spacial score (nSPS) is 9.71. The van der Waals surface area contributed by atoms with E-state index in [-0.39, 0.29) is 17.0 Å². The van der Waals surface area contributed by atoms with Gasteiger partial charge in [-0.25, -0.2) is 0 Å². The number of methoxy groups -OCH3 is 1. The summed E-state index contributed by atoms with van der Waals surface area (Å²) in [6.07, 6.45) is -0.705. The molecular weight excluding hydrogens is 230 g/mol. The molecule has 0 aliphatic heterocycles. The lowest BCUT2D eigenvalue weighted by Gasteiger charge is -2.03. The molecule has 1 aromatic carbocycles. The summed E-state index contributed by atoms with van der Waals surface area (Å²) in [5.41, 5.74) is -0.399. The van der Waals surface area contributed by atoms with Gasteiger partial charge < -0.3 is 9.84 Å². The summed E-state index contributed by atoms with van der Waals surface area (Å²) in [7, 11) is 1.26. The smallest absolute Gasteiger partial charge is 0.311 e. The molecule has 1 N–H and O–H groups in total. The molecule has 17 heavy (non-hydrogen) atoms. The van der Waals surface area contributed by atoms with Crippen molar-refractivity contribution in [2.24, 2.45) is 0 Å². The molecule has 0 aromatic heterocycles. The van der Waals surface area contributed by atoms with Crippen LogP contribution in [-0.2, 0) is 4.79 Å². The highest BCUT2D eigenvalue weighted by atomic mass is 16.6. The van der Waals surface area contributed by atoms with Crippen molar-refractivity contribution in [3.63, 3.8) is 0 Å². The molecule has 7 nitrogen and oxygen atoms in total. The molecule has 0 spiro atoms. The summed E-state index contributed by atoms with van der Waals surface area (Å²) in [6, 6.07) is 3.55. The Hall–Kier alpha value is -2.44. The summed E-state index contributed by atoms with van der Waals surface area (Å²) in [5, 5.41) is 19.1. The van der Waals surface area contributed by atoms with Crippen LogP contribution in [0.25, 0.3) is 0 Å². The van der Waals surface area contributed by atoms with Crippen molar-refractivity contribution in [1.82, 2.24) is 0 Å². The van der Waals surface area contributed by atoms with Crippen molar-refractivity contribution >= 4 is 17.4 Å². The number of benzene rings is 1. The molecule has 1 rings (SSSR count). The molecule has 0 radical (unpaired) electrons. The van der Waals surface area contributed by atoms with Crippen LogP contribution < -0.4 is 4.74 Å². The number of ketones is 1. The number of hydrogen-bond donors (Lipinski definition) is 1. The molecule has 0 saturated carbocycles. The van der Waals surface area contributed by atoms with Crippen LogP contribution in [0.5, 0.6) is 5.75 Å². The Morgan fingerprint density at radius 2 is 2.12 bits per heavy atom. The molecule has 0 unspecified atom stereocenters. The first-order valence-corrected chi connectivity index (χ1v) is 4.53. The van der Waals surface area contributed by atoms with Gasteiger partial charge in [0.1, 0.15) is 6.42 Å². The topological polar surface area (TPSA) is 107 Å². The minimum Gasteiger partial charge on any atom is -0.490 e. The molecule has 0 bridgehead atoms. The maximum atomic E-state index is 11.4. The van der Waals surface area contributed by atoms with E-state index in [0.29, 0.717) is 0 Å². The first kappa shape index (κ1) is 12.6. The van der Waals surface area contributed by atoms with E-state index in [1.54, 1.807) is 0 Å². The Balaban J connectivity index is 3.12. The van der Waals surface area contributed by atoms with Gasteiger partial charge in [-0.1, -0.05) is 0 Å². The first-order valence-electron chi connectivity index (χ1n) is 4.53. The number of nitro groups is 1. The lowest BCUT2D eigenvalue weighted by molar-refractivity contribution is -0.385. The third kappa shape index (κ3) is 3.00. The van der Waals surface area contributed by atoms with Gasteiger partial charge in [-0.3, -0.25) is 19.7 Å². The average molecular weight is 239 g/mol. The predicted molar refractivity (Wildman–Crippen MR) is 56.2 cm³/mol. The number of rotatable bonds is 5. The maximum Gasteiger partial charge on any atom is 0.311 e. The van der Waals surface area contributed by atoms with Crippen molar-refractivity contribution in [2.75, 3.05) is 7.11 Å². The number of carbonyl (C=O) groups is 2. The van der Waals surface area contributed by atoms with Crippen molar-refractivity contribution < 1.29 is 24.4 Å². The van der Waals surface area contributed by atoms with Gasteiger partial charge in [-0.15, -0.1) is 0 Å². The maximum absolute atomic E-state index is 11.4. The molecule has 0 aliphatic carbocycles. The largest absolute Gasteiger partial charge is 0.490 e. The Kier molecular flexibility index (Phi) is 3.76. The second kappa shape index (κ2) is 5.06. The van der Waals surface area contributed by atoms with Gasteiger partial charge in [0.05, 0.1) is 12.0 Å². The van der Waals surface area contributed by atoms with E-state index in [1.807, 2.05) is 0 Å². The monoisotopic (exact) mass is 239 g/mol. The van der Waals surface area contributed by atoms with Crippen LogP contribution in [0.1, 0.15) is 16.8 Å². The fraction of sp³-hybridized carbons (Fsp3) is 0.200. The van der Waals surface area contributed by atoms with Gasteiger partial charge >= 0.3 is 11.7 Å². The number of nitro benzene ring substituents is 1. The zero-order chi connectivity index (χ0) is 13.0. The van der Waals surface area contributed by atoms with E-state index in [9.17, 15) is 19.7 Å². The number of carboxylic acid groups (broad SMARTS) is 1. The molecule has 0 saturated heterocycles. The fourth-order valence-electron chi connectivity index (χ4n) is 1.25. The molecule has 0 amide bonds. The number of ether oxygens (including phenoxy) is 1. The molecule has 0 heterocycles. The SMILES string of the molecule is COc1ccc(C(=O)CC(=O)O)cc1[N+](=O)[O-]. The van der Waals surface area contributed by atoms with Gasteiger partial charge in [0.25, 0.3) is 0 Å². The first-order chi connectivity index (χ1) is 7.95. The molecule has 90 valence electrons. The highest BCUT2D eigenvalue weighted by molar-refractivity contribution is 6.05. The number of nitrogens with zero attached hydrogens (tertiary/aromatic N) is 1. The van der Waals surface area contributed by atoms with Crippen LogP contribution in [0.2, 0.25) is 0 Å². The van der Waals surface area contributed by atoms with Gasteiger partial charge in [0.15, 0.2) is 11.5 Å². The Morgan fingerprint density at radius 3 is 2.59 bits per heavy atom. The van der Waals surface area contributed by atoms with Crippen molar-refractivity contribution in [1.29, 1.82) is 0 Å². The van der Waals surface area contributed by atoms with Crippen molar-refractivity contribution in [3.05, 3.63) is 33.9 Å². The molecular formula is C10H9NO6. The van der Waals surface area contributed by atoms with E-state index in [1.165, 1.54) is 19.2 Å². The molecule has 0 aliphatic rings. The number of carboxylic acids is 1. The summed E-state index contributed by atoms with van der Waals surface area (Å²) in [5.74, 6) is -1.96. The lowest BCUT2D eigenvalue weighted by atomic mass is 10.1. The summed E-state index contributed by atoms with van der Waals surface area (Å²) in [4.78, 5) is 31.7. The molecule has 0 atom stereocenters. The van der Waals surface area contributed by atoms with Gasteiger partial charge in [0, 0.05) is 11.6 Å². The second-order valence-corrected chi connectivity index (χ2v) is 3.14. The van der Waals surface area contributed by atoms with Crippen molar-refractivity contribution in [2.45, 2.75) is 6.42 Å². The Morgan fingerprint density at radius 1 is 1.47 bits per heavy atom. The van der Waals surface area contributed by atoms with Gasteiger partial charge in [0.2, 0.25) is 0 Å². The third-order valence-electron chi connectivity index (χ3n) is 2.01. The van der Waals surface area contributed by atoms with Crippen LogP contribution >= 0.6 is 0 Å². The number of Topliss-reactive ketones (excluding diaryl/α,β-unsaturated/α-hetero) is 1. The third-order valence-corrected chi connectivity index (χ3v) is 2.01. The summed E-state index contributed by atoms with van der Waals surface area (Å²) < 4.78 is 4.75. The molecule has 1 aromatic rings. The zero-order valence-corrected chi connectivity index (χ0v) is 8.87. The van der Waals surface area contributed by atoms with Crippen LogP contribution in [-0.4, -0.2) is 28.9 Å². The molecule has 7 heteroatoms. The zero-order valence-electron chi connectivity index (χ0n) is 8.87. The van der Waals surface area contributed by atoms with Crippen LogP contribution in [0.15, 0.2) is 18.2 Å². The molecule has 0 fully saturated rings. The van der Waals surface area contributed by atoms with E-state index in [4.69, 9.17) is 9.84 Å². The number of hydrogen-bond acceptors (Lipinski definition) is 5. The Bertz CT molecular complexity index is 482. The second-order valence-electron chi connectivity index (χ2n) is 3.14. The Labute approximate surface area is 95.8 Å². The van der Waals surface area contributed by atoms with E-state index in [2.05, 4.69) is 0 Å². The van der Waals surface area contributed by atoms with Gasteiger partial charge in [-0.2, -0.15) is 0 Å². The van der Waals surface area contributed by atoms with E-state index < -0.39 is 23.1 Å². The highest BCUT2D eigenvalue weighted by Gasteiger charge is 2.19. The van der Waals surface area contributed by atoms with Gasteiger partial charge in [-0.05, 0) is 12.1 Å². The van der Waals surface area contributed by atoms with Crippen molar-refractivity contribution in [3.8, 4) is 5.75 Å². The predicted octanol–water partition coefficient (Wildman–Crippen LogP) is 1.26. The van der Waals surface area contributed by atoms with Crippen LogP contribution in [0.4, 0.5) is 5.69 Å². The minimum absolute atomic E-state index is 0.0156. The number of aliphatic carboxylic acids is 1. The number of carbonyl (C=O) groups excluding carboxylic acids is 1. The average Bonchev–Trinajstić information content (AvgIpc) is 2.27. The van der Waals surface area contributed by atoms with Crippen LogP contribution in [0.3, 0.4) is 0 Å². The summed E-state index contributed by atoms with van der Waals surface area (Å²) in [6.45, 7) is 0. The standard InChI is InChI=1S/C10H9NO6/c1-17-9-3-2-6(4-7(9)11(15)16)8(12)5-10(13)14/h2-4H,5H2,1H3,(H,13,14). The lowest BCUT2D eigenvalue weighted by Crippen LogP contribution is -2.07.